The molecule has 0 aromatic carbocycles. The van der Waals surface area contributed by atoms with E-state index >= 15 is 0 Å². The molecule has 2 heterocycles. The Morgan fingerprint density at radius 1 is 1.47 bits per heavy atom. The second-order valence-corrected chi connectivity index (χ2v) is 5.90. The molecule has 2 aliphatic heterocycles. The number of nitrogens with zero attached hydrogens (tertiary/aromatic N) is 1. The fraction of sp³-hybridized carbons (Fsp3) is 0.923. The highest BCUT2D eigenvalue weighted by Crippen LogP contribution is 2.32. The van der Waals surface area contributed by atoms with Crippen LogP contribution in [0.5, 0.6) is 0 Å². The lowest BCUT2D eigenvalue weighted by atomic mass is 9.88. The van der Waals surface area contributed by atoms with Crippen LogP contribution in [0, 0.1) is 5.41 Å². The third-order valence-corrected chi connectivity index (χ3v) is 4.43. The minimum absolute atomic E-state index is 0.183. The number of piperidine rings is 1. The lowest BCUT2D eigenvalue weighted by Crippen LogP contribution is -2.49. The molecule has 1 amide bonds. The van der Waals surface area contributed by atoms with Crippen molar-refractivity contribution >= 4 is 5.91 Å². The molecule has 4 heteroatoms. The van der Waals surface area contributed by atoms with Crippen molar-refractivity contribution in [1.82, 2.24) is 15.5 Å². The summed E-state index contributed by atoms with van der Waals surface area (Å²) in [5.41, 5.74) is -0.183. The van der Waals surface area contributed by atoms with Crippen LogP contribution in [0.1, 0.15) is 33.1 Å². The molecule has 0 spiro atoms. The van der Waals surface area contributed by atoms with Crippen LogP contribution in [0.3, 0.4) is 0 Å². The number of likely N-dealkylation sites (tertiary alicyclic amines) is 1. The summed E-state index contributed by atoms with van der Waals surface area (Å²) in [5.74, 6) is 0.192. The van der Waals surface area contributed by atoms with Gasteiger partial charge in [0.05, 0.1) is 5.41 Å². The minimum Gasteiger partial charge on any atom is -0.359 e. The van der Waals surface area contributed by atoms with Gasteiger partial charge in [0.25, 0.3) is 0 Å². The monoisotopic (exact) mass is 239 g/mol. The van der Waals surface area contributed by atoms with Gasteiger partial charge < -0.3 is 10.6 Å². The van der Waals surface area contributed by atoms with Crippen LogP contribution in [0.15, 0.2) is 0 Å². The molecule has 3 atom stereocenters. The summed E-state index contributed by atoms with van der Waals surface area (Å²) in [7, 11) is 1.74. The second kappa shape index (κ2) is 4.94. The largest absolute Gasteiger partial charge is 0.359 e. The Morgan fingerprint density at radius 2 is 2.24 bits per heavy atom. The summed E-state index contributed by atoms with van der Waals surface area (Å²) in [6.07, 6.45) is 3.49. The van der Waals surface area contributed by atoms with Crippen molar-refractivity contribution in [2.75, 3.05) is 26.7 Å². The van der Waals surface area contributed by atoms with Crippen molar-refractivity contribution in [2.24, 2.45) is 5.41 Å². The normalized spacial score (nSPS) is 39.2. The average molecular weight is 239 g/mol. The van der Waals surface area contributed by atoms with Crippen molar-refractivity contribution in [3.05, 3.63) is 0 Å². The van der Waals surface area contributed by atoms with Crippen molar-refractivity contribution < 1.29 is 4.79 Å². The van der Waals surface area contributed by atoms with Crippen molar-refractivity contribution in [1.29, 1.82) is 0 Å². The molecule has 4 nitrogen and oxygen atoms in total. The van der Waals surface area contributed by atoms with Crippen molar-refractivity contribution in [3.8, 4) is 0 Å². The van der Waals surface area contributed by atoms with Gasteiger partial charge in [-0.1, -0.05) is 0 Å². The first-order valence-electron chi connectivity index (χ1n) is 6.75. The second-order valence-electron chi connectivity index (χ2n) is 5.90. The number of carbonyl (C=O) groups excluding carboxylic acids is 1. The predicted molar refractivity (Wildman–Crippen MR) is 68.9 cm³/mol. The molecule has 0 aromatic heterocycles. The summed E-state index contributed by atoms with van der Waals surface area (Å²) in [6, 6.07) is 1.27. The molecular weight excluding hydrogens is 214 g/mol. The van der Waals surface area contributed by atoms with Gasteiger partial charge in [-0.3, -0.25) is 9.69 Å². The van der Waals surface area contributed by atoms with E-state index in [1.165, 1.54) is 12.8 Å². The zero-order valence-corrected chi connectivity index (χ0v) is 11.3. The number of hydrogen-bond acceptors (Lipinski definition) is 3. The van der Waals surface area contributed by atoms with E-state index in [4.69, 9.17) is 0 Å². The summed E-state index contributed by atoms with van der Waals surface area (Å²) in [5, 5.41) is 6.33. The highest BCUT2D eigenvalue weighted by atomic mass is 16.2. The molecule has 98 valence electrons. The number of hydrogen-bond donors (Lipinski definition) is 2. The molecule has 2 saturated heterocycles. The van der Waals surface area contributed by atoms with Gasteiger partial charge in [-0.25, -0.2) is 0 Å². The molecule has 0 saturated carbocycles. The molecule has 0 aromatic rings. The Kier molecular flexibility index (Phi) is 3.73. The van der Waals surface area contributed by atoms with E-state index < -0.39 is 0 Å². The highest BCUT2D eigenvalue weighted by molar-refractivity contribution is 5.82. The van der Waals surface area contributed by atoms with Gasteiger partial charge in [-0.05, 0) is 39.7 Å². The highest BCUT2D eigenvalue weighted by Gasteiger charge is 2.42. The summed E-state index contributed by atoms with van der Waals surface area (Å²) >= 11 is 0. The summed E-state index contributed by atoms with van der Waals surface area (Å²) < 4.78 is 0. The first kappa shape index (κ1) is 12.8. The number of nitrogens with one attached hydrogen (secondary N) is 2. The summed E-state index contributed by atoms with van der Waals surface area (Å²) in [4.78, 5) is 14.4. The van der Waals surface area contributed by atoms with Crippen molar-refractivity contribution in [3.63, 3.8) is 0 Å². The van der Waals surface area contributed by atoms with E-state index in [0.29, 0.717) is 12.1 Å². The lowest BCUT2D eigenvalue weighted by molar-refractivity contribution is -0.129. The van der Waals surface area contributed by atoms with Crippen LogP contribution in [0.2, 0.25) is 0 Å². The summed E-state index contributed by atoms with van der Waals surface area (Å²) in [6.45, 7) is 7.38. The maximum absolute atomic E-state index is 11.9. The quantitative estimate of drug-likeness (QED) is 0.741. The van der Waals surface area contributed by atoms with E-state index in [1.54, 1.807) is 7.05 Å². The molecule has 3 unspecified atom stereocenters. The Bertz CT molecular complexity index is 286. The lowest BCUT2D eigenvalue weighted by Gasteiger charge is -2.35. The molecule has 0 radical (unpaired) electrons. The smallest absolute Gasteiger partial charge is 0.227 e. The molecular formula is C13H25N3O. The molecule has 0 bridgehead atoms. The van der Waals surface area contributed by atoms with Crippen LogP contribution >= 0.6 is 0 Å². The number of rotatable bonds is 2. The zero-order valence-electron chi connectivity index (χ0n) is 11.3. The standard InChI is InChI=1S/C13H25N3O/c1-10-4-5-11(8-15-10)16-7-6-13(2,9-16)12(17)14-3/h10-11,15H,4-9H2,1-3H3,(H,14,17). The maximum Gasteiger partial charge on any atom is 0.227 e. The molecule has 0 aliphatic carbocycles. The fourth-order valence-electron chi connectivity index (χ4n) is 3.09. The van der Waals surface area contributed by atoms with E-state index in [2.05, 4.69) is 29.4 Å². The fourth-order valence-corrected chi connectivity index (χ4v) is 3.09. The van der Waals surface area contributed by atoms with Crippen LogP contribution < -0.4 is 10.6 Å². The number of amides is 1. The van der Waals surface area contributed by atoms with Gasteiger partial charge in [0, 0.05) is 32.2 Å². The number of carbonyl (C=O) groups is 1. The SMILES string of the molecule is CNC(=O)C1(C)CCN(C2CCC(C)NC2)C1. The van der Waals surface area contributed by atoms with Crippen LogP contribution in [0.25, 0.3) is 0 Å². The van der Waals surface area contributed by atoms with Crippen LogP contribution in [-0.4, -0.2) is 49.6 Å². The topological polar surface area (TPSA) is 44.4 Å². The van der Waals surface area contributed by atoms with Gasteiger partial charge in [-0.15, -0.1) is 0 Å². The minimum atomic E-state index is -0.183. The molecule has 2 aliphatic rings. The first-order valence-corrected chi connectivity index (χ1v) is 6.75. The Balaban J connectivity index is 1.91. The van der Waals surface area contributed by atoms with Gasteiger partial charge in [0.2, 0.25) is 5.91 Å². The van der Waals surface area contributed by atoms with Gasteiger partial charge >= 0.3 is 0 Å². The van der Waals surface area contributed by atoms with E-state index in [0.717, 1.165) is 26.1 Å². The van der Waals surface area contributed by atoms with Crippen LogP contribution in [0.4, 0.5) is 0 Å². The van der Waals surface area contributed by atoms with Crippen LogP contribution in [-0.2, 0) is 4.79 Å². The van der Waals surface area contributed by atoms with E-state index in [1.807, 2.05) is 0 Å². The average Bonchev–Trinajstić information content (AvgIpc) is 2.73. The third-order valence-electron chi connectivity index (χ3n) is 4.43. The first-order chi connectivity index (χ1) is 8.05. The maximum atomic E-state index is 11.9. The molecule has 2 rings (SSSR count). The Labute approximate surface area is 104 Å². The van der Waals surface area contributed by atoms with E-state index in [-0.39, 0.29) is 11.3 Å². The van der Waals surface area contributed by atoms with Gasteiger partial charge in [0.15, 0.2) is 0 Å². The Morgan fingerprint density at radius 3 is 2.82 bits per heavy atom. The predicted octanol–water partition coefficient (Wildman–Crippen LogP) is 0.585. The van der Waals surface area contributed by atoms with Crippen molar-refractivity contribution in [2.45, 2.75) is 45.2 Å². The Hall–Kier alpha value is -0.610. The van der Waals surface area contributed by atoms with E-state index in [9.17, 15) is 4.79 Å². The van der Waals surface area contributed by atoms with Gasteiger partial charge in [-0.2, -0.15) is 0 Å². The molecule has 17 heavy (non-hydrogen) atoms. The molecule has 2 fully saturated rings. The third kappa shape index (κ3) is 2.63. The van der Waals surface area contributed by atoms with Gasteiger partial charge in [0.1, 0.15) is 0 Å². The molecule has 2 N–H and O–H groups in total. The zero-order chi connectivity index (χ0) is 12.5.